The van der Waals surface area contributed by atoms with E-state index in [9.17, 15) is 9.90 Å². The van der Waals surface area contributed by atoms with Crippen molar-refractivity contribution >= 4 is 17.7 Å². The number of methoxy groups -OCH3 is 2. The molecule has 0 bridgehead atoms. The molecule has 2 aromatic carbocycles. The van der Waals surface area contributed by atoms with Crippen molar-refractivity contribution in [3.63, 3.8) is 0 Å². The number of nitrogens with one attached hydrogen (secondary N) is 1. The number of rotatable bonds is 9. The van der Waals surface area contributed by atoms with Crippen LogP contribution < -0.4 is 24.3 Å². The van der Waals surface area contributed by atoms with Gasteiger partial charge in [-0.25, -0.2) is 0 Å². The summed E-state index contributed by atoms with van der Waals surface area (Å²) in [5, 5.41) is 12.1. The van der Waals surface area contributed by atoms with Gasteiger partial charge in [0.05, 0.1) is 19.6 Å². The van der Waals surface area contributed by atoms with Gasteiger partial charge in [0.15, 0.2) is 11.5 Å². The summed E-state index contributed by atoms with van der Waals surface area (Å²) in [6.07, 6.45) is 0. The fraction of sp³-hybridized carbons (Fsp3) is 0.350. The quantitative estimate of drug-likeness (QED) is 0.616. The van der Waals surface area contributed by atoms with Crippen molar-refractivity contribution in [1.29, 1.82) is 0 Å². The van der Waals surface area contributed by atoms with Gasteiger partial charge in [-0.05, 0) is 18.2 Å². The van der Waals surface area contributed by atoms with Crippen LogP contribution in [0.5, 0.6) is 23.0 Å². The number of carbonyl (C=O) groups is 1. The molecule has 2 atom stereocenters. The summed E-state index contributed by atoms with van der Waals surface area (Å²) in [7, 11) is 3.18. The molecule has 0 amide bonds. The molecule has 1 saturated heterocycles. The highest BCUT2D eigenvalue weighted by Gasteiger charge is 2.32. The van der Waals surface area contributed by atoms with Gasteiger partial charge in [-0.2, -0.15) is 0 Å². The van der Waals surface area contributed by atoms with Crippen LogP contribution in [-0.2, 0) is 4.79 Å². The maximum Gasteiger partial charge on any atom is 0.321 e. The molecule has 0 radical (unpaired) electrons. The maximum absolute atomic E-state index is 11.2. The van der Waals surface area contributed by atoms with Crippen LogP contribution in [0.2, 0.25) is 0 Å². The number of carboxylic acids is 1. The summed E-state index contributed by atoms with van der Waals surface area (Å²) in [6.45, 7) is 0.651. The number of thioether (sulfide) groups is 1. The number of hydrogen-bond acceptors (Lipinski definition) is 7. The Morgan fingerprint density at radius 3 is 2.57 bits per heavy atom. The average Bonchev–Trinajstić information content (AvgIpc) is 3.21. The van der Waals surface area contributed by atoms with E-state index in [0.29, 0.717) is 36.2 Å². The maximum atomic E-state index is 11.2. The van der Waals surface area contributed by atoms with Crippen molar-refractivity contribution in [3.8, 4) is 23.0 Å². The second-order valence-corrected chi connectivity index (χ2v) is 7.16. The van der Waals surface area contributed by atoms with E-state index in [0.717, 1.165) is 11.3 Å². The van der Waals surface area contributed by atoms with Crippen molar-refractivity contribution in [3.05, 3.63) is 48.0 Å². The summed E-state index contributed by atoms with van der Waals surface area (Å²) >= 11 is 1.53. The zero-order valence-electron chi connectivity index (χ0n) is 15.7. The van der Waals surface area contributed by atoms with Gasteiger partial charge in [-0.3, -0.25) is 10.1 Å². The van der Waals surface area contributed by atoms with Crippen LogP contribution in [-0.4, -0.2) is 50.3 Å². The van der Waals surface area contributed by atoms with Crippen LogP contribution in [0, 0.1) is 0 Å². The van der Waals surface area contributed by atoms with E-state index in [2.05, 4.69) is 5.32 Å². The third kappa shape index (κ3) is 4.82. The van der Waals surface area contributed by atoms with Gasteiger partial charge in [0.2, 0.25) is 0 Å². The Hall–Kier alpha value is -2.58. The van der Waals surface area contributed by atoms with E-state index >= 15 is 0 Å². The number of carboxylic acid groups (broad SMARTS) is 1. The number of aliphatic carboxylic acids is 1. The first-order valence-electron chi connectivity index (χ1n) is 8.79. The molecule has 2 aromatic rings. The lowest BCUT2D eigenvalue weighted by atomic mass is 10.1. The Labute approximate surface area is 167 Å². The first-order chi connectivity index (χ1) is 13.6. The highest BCUT2D eigenvalue weighted by atomic mass is 32.2. The Bertz CT molecular complexity index is 815. The van der Waals surface area contributed by atoms with E-state index in [4.69, 9.17) is 18.9 Å². The largest absolute Gasteiger partial charge is 0.497 e. The normalized spacial score (nSPS) is 18.5. The van der Waals surface area contributed by atoms with Gasteiger partial charge in [0, 0.05) is 17.4 Å². The molecule has 150 valence electrons. The molecule has 0 saturated carbocycles. The molecular weight excluding hydrogens is 382 g/mol. The third-order valence-electron chi connectivity index (χ3n) is 4.23. The zero-order valence-corrected chi connectivity index (χ0v) is 16.5. The summed E-state index contributed by atoms with van der Waals surface area (Å²) in [5.41, 5.74) is 0.856. The minimum atomic E-state index is -0.855. The fourth-order valence-corrected chi connectivity index (χ4v) is 4.09. The highest BCUT2D eigenvalue weighted by Crippen LogP contribution is 2.42. The van der Waals surface area contributed by atoms with Gasteiger partial charge in [0.1, 0.15) is 30.8 Å². The van der Waals surface area contributed by atoms with E-state index in [1.54, 1.807) is 20.3 Å². The minimum Gasteiger partial charge on any atom is -0.497 e. The molecule has 1 fully saturated rings. The number of benzene rings is 2. The summed E-state index contributed by atoms with van der Waals surface area (Å²) in [5.74, 6) is 2.25. The molecule has 2 unspecified atom stereocenters. The van der Waals surface area contributed by atoms with Gasteiger partial charge in [-0.1, -0.05) is 18.2 Å². The number of para-hydroxylation sites is 1. The predicted octanol–water partition coefficient (Wildman–Crippen LogP) is 2.95. The monoisotopic (exact) mass is 405 g/mol. The predicted molar refractivity (Wildman–Crippen MR) is 107 cm³/mol. The Balaban J connectivity index is 1.64. The van der Waals surface area contributed by atoms with Crippen LogP contribution in [0.3, 0.4) is 0 Å². The lowest BCUT2D eigenvalue weighted by molar-refractivity contribution is -0.138. The van der Waals surface area contributed by atoms with Crippen molar-refractivity contribution in [1.82, 2.24) is 5.32 Å². The second kappa shape index (κ2) is 9.57. The molecule has 7 nitrogen and oxygen atoms in total. The molecule has 28 heavy (non-hydrogen) atoms. The molecule has 1 aliphatic rings. The van der Waals surface area contributed by atoms with Crippen molar-refractivity contribution < 1.29 is 28.8 Å². The summed E-state index contributed by atoms with van der Waals surface area (Å²) < 4.78 is 22.3. The molecule has 1 heterocycles. The number of hydrogen-bond donors (Lipinski definition) is 2. The van der Waals surface area contributed by atoms with Crippen LogP contribution >= 0.6 is 11.8 Å². The van der Waals surface area contributed by atoms with Crippen LogP contribution in [0.4, 0.5) is 0 Å². The molecule has 1 aliphatic heterocycles. The first-order valence-corrected chi connectivity index (χ1v) is 9.84. The fourth-order valence-electron chi connectivity index (χ4n) is 2.84. The first kappa shape index (κ1) is 20.2. The SMILES string of the molecule is COc1cccc(OCCOc2c(OC)cccc2C2NC(C(=O)O)CS2)c1. The van der Waals surface area contributed by atoms with E-state index in [1.165, 1.54) is 11.8 Å². The third-order valence-corrected chi connectivity index (χ3v) is 5.48. The molecule has 2 N–H and O–H groups in total. The van der Waals surface area contributed by atoms with Crippen LogP contribution in [0.1, 0.15) is 10.9 Å². The molecule has 3 rings (SSSR count). The topological polar surface area (TPSA) is 86.3 Å². The summed E-state index contributed by atoms with van der Waals surface area (Å²) in [6, 6.07) is 12.4. The van der Waals surface area contributed by atoms with Gasteiger partial charge >= 0.3 is 5.97 Å². The highest BCUT2D eigenvalue weighted by molar-refractivity contribution is 7.99. The van der Waals surface area contributed by atoms with Crippen LogP contribution in [0.25, 0.3) is 0 Å². The Kier molecular flexibility index (Phi) is 6.89. The standard InChI is InChI=1S/C20H23NO6S/c1-24-13-5-3-6-14(11-13)26-9-10-27-18-15(7-4-8-17(18)25-2)19-21-16(12-28-19)20(22)23/h3-8,11,16,19,21H,9-10,12H2,1-2H3,(H,22,23). The van der Waals surface area contributed by atoms with Crippen LogP contribution in [0.15, 0.2) is 42.5 Å². The van der Waals surface area contributed by atoms with Gasteiger partial charge in [-0.15, -0.1) is 11.8 Å². The Morgan fingerprint density at radius 2 is 1.86 bits per heavy atom. The Morgan fingerprint density at radius 1 is 1.11 bits per heavy atom. The summed E-state index contributed by atoms with van der Waals surface area (Å²) in [4.78, 5) is 11.2. The lowest BCUT2D eigenvalue weighted by Gasteiger charge is -2.19. The second-order valence-electron chi connectivity index (χ2n) is 6.03. The van der Waals surface area contributed by atoms with Crippen molar-refractivity contribution in [2.75, 3.05) is 33.2 Å². The van der Waals surface area contributed by atoms with Gasteiger partial charge in [0.25, 0.3) is 0 Å². The van der Waals surface area contributed by atoms with E-state index in [1.807, 2.05) is 36.4 Å². The number of ether oxygens (including phenoxy) is 4. The van der Waals surface area contributed by atoms with E-state index in [-0.39, 0.29) is 5.37 Å². The average molecular weight is 405 g/mol. The molecule has 0 aliphatic carbocycles. The van der Waals surface area contributed by atoms with Crippen molar-refractivity contribution in [2.45, 2.75) is 11.4 Å². The van der Waals surface area contributed by atoms with E-state index < -0.39 is 12.0 Å². The zero-order chi connectivity index (χ0) is 19.9. The van der Waals surface area contributed by atoms with Gasteiger partial charge < -0.3 is 24.1 Å². The molecular formula is C20H23NO6S. The molecule has 8 heteroatoms. The van der Waals surface area contributed by atoms with Crippen molar-refractivity contribution in [2.24, 2.45) is 0 Å². The molecule has 0 spiro atoms. The minimum absolute atomic E-state index is 0.175. The smallest absolute Gasteiger partial charge is 0.321 e. The molecule has 0 aromatic heterocycles. The lowest BCUT2D eigenvalue weighted by Crippen LogP contribution is -2.33.